The number of hydrogen-bond acceptors (Lipinski definition) is 5. The Hall–Kier alpha value is -4.70. The van der Waals surface area contributed by atoms with Crippen molar-refractivity contribution in [1.29, 1.82) is 0 Å². The summed E-state index contributed by atoms with van der Waals surface area (Å²) in [6, 6.07) is 26.5. The Balaban J connectivity index is 1.81. The molecule has 0 heterocycles. The molecule has 0 aromatic heterocycles. The van der Waals surface area contributed by atoms with Crippen LogP contribution in [0.3, 0.4) is 0 Å². The van der Waals surface area contributed by atoms with E-state index in [0.29, 0.717) is 11.3 Å². The molecule has 0 radical (unpaired) electrons. The third kappa shape index (κ3) is 8.69. The van der Waals surface area contributed by atoms with E-state index < -0.39 is 34.3 Å². The average Bonchev–Trinajstić information content (AvgIpc) is 3.02. The van der Waals surface area contributed by atoms with Crippen LogP contribution in [0.1, 0.15) is 30.5 Å². The van der Waals surface area contributed by atoms with Gasteiger partial charge in [-0.3, -0.25) is 13.9 Å². The van der Waals surface area contributed by atoms with E-state index in [9.17, 15) is 22.4 Å². The third-order valence-corrected chi connectivity index (χ3v) is 8.98. The Morgan fingerprint density at radius 2 is 1.51 bits per heavy atom. The molecule has 4 aromatic carbocycles. The maximum Gasteiger partial charge on any atom is 0.264 e. The first-order valence-corrected chi connectivity index (χ1v) is 16.0. The summed E-state index contributed by atoms with van der Waals surface area (Å²) in [7, 11) is -2.78. The topological polar surface area (TPSA) is 96.0 Å². The molecule has 0 saturated heterocycles. The number of carbonyl (C=O) groups is 2. The summed E-state index contributed by atoms with van der Waals surface area (Å²) < 4.78 is 48.1. The van der Waals surface area contributed by atoms with Gasteiger partial charge in [-0.15, -0.1) is 0 Å². The van der Waals surface area contributed by atoms with Gasteiger partial charge in [-0.2, -0.15) is 0 Å². The van der Waals surface area contributed by atoms with Gasteiger partial charge in [0.2, 0.25) is 11.8 Å². The number of benzene rings is 4. The molecule has 0 aliphatic rings. The van der Waals surface area contributed by atoms with Gasteiger partial charge in [0.05, 0.1) is 17.7 Å². The summed E-state index contributed by atoms with van der Waals surface area (Å²) in [4.78, 5) is 29.5. The standard InChI is InChI=1S/C35H38FN3O5S/c1-25(2)37-35(41)33(22-27-9-6-5-7-10-27)38(23-28-11-8-12-31(21-28)44-4)34(40)24-39(30-17-13-26(3)14-18-30)45(42,43)32-19-15-29(36)16-20-32/h5-21,25,33H,22-24H2,1-4H3,(H,37,41)/t33-/m0/s1. The van der Waals surface area contributed by atoms with Crippen LogP contribution in [0, 0.1) is 12.7 Å². The number of rotatable bonds is 13. The van der Waals surface area contributed by atoms with Gasteiger partial charge in [-0.25, -0.2) is 12.8 Å². The zero-order valence-corrected chi connectivity index (χ0v) is 26.6. The van der Waals surface area contributed by atoms with Crippen molar-refractivity contribution in [3.63, 3.8) is 0 Å². The lowest BCUT2D eigenvalue weighted by Crippen LogP contribution is -2.54. The number of carbonyl (C=O) groups excluding carboxylic acids is 2. The highest BCUT2D eigenvalue weighted by Crippen LogP contribution is 2.26. The van der Waals surface area contributed by atoms with Crippen LogP contribution in [0.4, 0.5) is 10.1 Å². The van der Waals surface area contributed by atoms with E-state index in [0.717, 1.165) is 27.6 Å². The van der Waals surface area contributed by atoms with Crippen LogP contribution in [0.25, 0.3) is 0 Å². The molecule has 0 saturated carbocycles. The lowest BCUT2D eigenvalue weighted by atomic mass is 10.0. The number of hydrogen-bond donors (Lipinski definition) is 1. The van der Waals surface area contributed by atoms with Gasteiger partial charge in [-0.05, 0) is 80.4 Å². The van der Waals surface area contributed by atoms with Crippen molar-refractivity contribution in [2.75, 3.05) is 18.0 Å². The van der Waals surface area contributed by atoms with Gasteiger partial charge in [0.25, 0.3) is 10.0 Å². The first-order valence-electron chi connectivity index (χ1n) is 14.6. The van der Waals surface area contributed by atoms with Crippen LogP contribution in [-0.2, 0) is 32.6 Å². The molecule has 0 fully saturated rings. The molecule has 0 aliphatic carbocycles. The molecule has 4 aromatic rings. The van der Waals surface area contributed by atoms with Crippen molar-refractivity contribution in [3.05, 3.63) is 126 Å². The first kappa shape index (κ1) is 33.2. The summed E-state index contributed by atoms with van der Waals surface area (Å²) in [6.07, 6.45) is 0.199. The molecule has 0 unspecified atom stereocenters. The molecule has 8 nitrogen and oxygen atoms in total. The summed E-state index contributed by atoms with van der Waals surface area (Å²) >= 11 is 0. The normalized spacial score (nSPS) is 12.0. The first-order chi connectivity index (χ1) is 21.5. The molecule has 1 N–H and O–H groups in total. The van der Waals surface area contributed by atoms with Crippen molar-refractivity contribution in [2.24, 2.45) is 0 Å². The molecule has 236 valence electrons. The van der Waals surface area contributed by atoms with E-state index in [-0.39, 0.29) is 35.5 Å². The van der Waals surface area contributed by atoms with Crippen molar-refractivity contribution < 1.29 is 27.1 Å². The number of nitrogens with one attached hydrogen (secondary N) is 1. The van der Waals surface area contributed by atoms with E-state index >= 15 is 0 Å². The highest BCUT2D eigenvalue weighted by molar-refractivity contribution is 7.92. The lowest BCUT2D eigenvalue weighted by molar-refractivity contribution is -0.140. The van der Waals surface area contributed by atoms with Crippen LogP contribution >= 0.6 is 0 Å². The smallest absolute Gasteiger partial charge is 0.264 e. The van der Waals surface area contributed by atoms with Gasteiger partial charge in [0, 0.05) is 19.0 Å². The fraction of sp³-hybridized carbons (Fsp3) is 0.257. The lowest BCUT2D eigenvalue weighted by Gasteiger charge is -2.34. The van der Waals surface area contributed by atoms with Crippen LogP contribution < -0.4 is 14.4 Å². The maximum atomic E-state index is 14.5. The number of methoxy groups -OCH3 is 1. The van der Waals surface area contributed by atoms with E-state index in [4.69, 9.17) is 4.74 Å². The molecule has 0 spiro atoms. The second-order valence-corrected chi connectivity index (χ2v) is 12.9. The molecule has 0 bridgehead atoms. The van der Waals surface area contributed by atoms with Gasteiger partial charge in [0.15, 0.2) is 0 Å². The monoisotopic (exact) mass is 631 g/mol. The zero-order valence-electron chi connectivity index (χ0n) is 25.8. The number of anilines is 1. The van der Waals surface area contributed by atoms with Crippen molar-refractivity contribution in [1.82, 2.24) is 10.2 Å². The fourth-order valence-electron chi connectivity index (χ4n) is 4.88. The van der Waals surface area contributed by atoms with E-state index in [1.165, 1.54) is 24.1 Å². The highest BCUT2D eigenvalue weighted by atomic mass is 32.2. The minimum Gasteiger partial charge on any atom is -0.497 e. The molecule has 1 atom stereocenters. The minimum absolute atomic E-state index is 0.0113. The highest BCUT2D eigenvalue weighted by Gasteiger charge is 2.35. The molecule has 2 amide bonds. The second kappa shape index (κ2) is 14.9. The van der Waals surface area contributed by atoms with Crippen molar-refractivity contribution in [3.8, 4) is 5.75 Å². The minimum atomic E-state index is -4.32. The van der Waals surface area contributed by atoms with E-state index in [1.54, 1.807) is 42.5 Å². The van der Waals surface area contributed by atoms with Gasteiger partial charge in [0.1, 0.15) is 24.2 Å². The number of sulfonamides is 1. The molecule has 10 heteroatoms. The van der Waals surface area contributed by atoms with Crippen molar-refractivity contribution in [2.45, 2.75) is 50.7 Å². The number of halogens is 1. The number of amides is 2. The second-order valence-electron chi connectivity index (χ2n) is 11.0. The van der Waals surface area contributed by atoms with Crippen molar-refractivity contribution >= 4 is 27.5 Å². The summed E-state index contributed by atoms with van der Waals surface area (Å²) in [5.41, 5.74) is 2.68. The number of nitrogens with zero attached hydrogens (tertiary/aromatic N) is 2. The SMILES string of the molecule is COc1cccc(CN(C(=O)CN(c2ccc(C)cc2)S(=O)(=O)c2ccc(F)cc2)[C@@H](Cc2ccccc2)C(=O)NC(C)C)c1. The average molecular weight is 632 g/mol. The van der Waals surface area contributed by atoms with Crippen LogP contribution in [0.15, 0.2) is 108 Å². The Bertz CT molecular complexity index is 1700. The fourth-order valence-corrected chi connectivity index (χ4v) is 6.29. The summed E-state index contributed by atoms with van der Waals surface area (Å²) in [5, 5.41) is 2.93. The van der Waals surface area contributed by atoms with Gasteiger partial charge < -0.3 is 15.0 Å². The summed E-state index contributed by atoms with van der Waals surface area (Å²) in [5.74, 6) is -0.972. The number of ether oxygens (including phenoxy) is 1. The van der Waals surface area contributed by atoms with Gasteiger partial charge in [-0.1, -0.05) is 60.2 Å². The zero-order chi connectivity index (χ0) is 32.6. The van der Waals surface area contributed by atoms with E-state index in [2.05, 4.69) is 5.32 Å². The Morgan fingerprint density at radius 1 is 0.867 bits per heavy atom. The van der Waals surface area contributed by atoms with Crippen LogP contribution in [0.5, 0.6) is 5.75 Å². The maximum absolute atomic E-state index is 14.5. The Kier molecular flexibility index (Phi) is 11.0. The van der Waals surface area contributed by atoms with Gasteiger partial charge >= 0.3 is 0 Å². The molecule has 0 aliphatic heterocycles. The molecular weight excluding hydrogens is 593 g/mol. The van der Waals surface area contributed by atoms with E-state index in [1.807, 2.05) is 57.2 Å². The molecule has 45 heavy (non-hydrogen) atoms. The third-order valence-electron chi connectivity index (χ3n) is 7.19. The van der Waals surface area contributed by atoms with Crippen LogP contribution in [-0.4, -0.2) is 50.9 Å². The molecular formula is C35H38FN3O5S. The van der Waals surface area contributed by atoms with Crippen LogP contribution in [0.2, 0.25) is 0 Å². The largest absolute Gasteiger partial charge is 0.497 e. The predicted octanol–water partition coefficient (Wildman–Crippen LogP) is 5.50. The Morgan fingerprint density at radius 3 is 2.13 bits per heavy atom. The predicted molar refractivity (Wildman–Crippen MR) is 173 cm³/mol. The molecule has 4 rings (SSSR count). The quantitative estimate of drug-likeness (QED) is 0.210. The number of aryl methyl sites for hydroxylation is 1. The summed E-state index contributed by atoms with van der Waals surface area (Å²) in [6.45, 7) is 4.94. The Labute approximate surface area is 264 Å².